The Labute approximate surface area is 197 Å². The van der Waals surface area contributed by atoms with Crippen LogP contribution in [0.2, 0.25) is 5.02 Å². The molecule has 2 N–H and O–H groups in total. The number of hydrogen-bond donors (Lipinski definition) is 2. The number of amides is 1. The SMILES string of the molecule is CC(C)(C)OC(=O)N[C@]12CC=Cc3cccc(c31)[C@]1(O)c3ccc4c(Cl)cccc4c3OC12. The normalized spacial score (nSPS) is 26.4. The number of hydrogen-bond acceptors (Lipinski definition) is 4. The quantitative estimate of drug-likeness (QED) is 0.492. The lowest BCUT2D eigenvalue weighted by Crippen LogP contribution is -2.58. The van der Waals surface area contributed by atoms with Crippen LogP contribution in [-0.4, -0.2) is 22.9 Å². The molecule has 0 saturated carbocycles. The first kappa shape index (κ1) is 20.6. The van der Waals surface area contributed by atoms with E-state index < -0.39 is 28.9 Å². The number of carbonyl (C=O) groups is 1. The number of aliphatic hydroxyl groups is 1. The average molecular weight is 462 g/mol. The van der Waals surface area contributed by atoms with Gasteiger partial charge in [0.25, 0.3) is 0 Å². The van der Waals surface area contributed by atoms with Crippen molar-refractivity contribution in [3.05, 3.63) is 81.9 Å². The molecular weight excluding hydrogens is 438 g/mol. The highest BCUT2D eigenvalue weighted by Gasteiger charge is 2.67. The van der Waals surface area contributed by atoms with Crippen LogP contribution in [-0.2, 0) is 15.9 Å². The van der Waals surface area contributed by atoms with Gasteiger partial charge in [-0.2, -0.15) is 0 Å². The van der Waals surface area contributed by atoms with Gasteiger partial charge in [0.1, 0.15) is 16.9 Å². The number of nitrogens with one attached hydrogen (secondary N) is 1. The van der Waals surface area contributed by atoms with E-state index in [4.69, 9.17) is 21.1 Å². The predicted octanol–water partition coefficient (Wildman–Crippen LogP) is 5.64. The van der Waals surface area contributed by atoms with Crippen molar-refractivity contribution < 1.29 is 19.4 Å². The summed E-state index contributed by atoms with van der Waals surface area (Å²) in [6, 6.07) is 15.3. The van der Waals surface area contributed by atoms with E-state index in [-0.39, 0.29) is 0 Å². The molecular formula is C27H24ClNO4. The number of alkyl carbamates (subject to hydrolysis) is 1. The van der Waals surface area contributed by atoms with Gasteiger partial charge in [0.05, 0.1) is 0 Å². The fraction of sp³-hybridized carbons (Fsp3) is 0.296. The Bertz CT molecular complexity index is 1370. The molecule has 3 aromatic carbocycles. The van der Waals surface area contributed by atoms with Gasteiger partial charge in [-0.3, -0.25) is 0 Å². The van der Waals surface area contributed by atoms with Crippen molar-refractivity contribution in [3.63, 3.8) is 0 Å². The van der Waals surface area contributed by atoms with Gasteiger partial charge in [0.15, 0.2) is 11.7 Å². The Kier molecular flexibility index (Phi) is 4.07. The molecule has 0 aromatic heterocycles. The zero-order chi connectivity index (χ0) is 23.2. The summed E-state index contributed by atoms with van der Waals surface area (Å²) in [5.74, 6) is 0.596. The molecule has 6 rings (SSSR count). The van der Waals surface area contributed by atoms with Crippen LogP contribution in [0.1, 0.15) is 49.4 Å². The van der Waals surface area contributed by atoms with Crippen LogP contribution in [0, 0.1) is 0 Å². The molecule has 6 heteroatoms. The predicted molar refractivity (Wildman–Crippen MR) is 128 cm³/mol. The molecule has 0 spiro atoms. The number of fused-ring (bicyclic) bond motifs is 7. The zero-order valence-corrected chi connectivity index (χ0v) is 19.4. The lowest BCUT2D eigenvalue weighted by atomic mass is 9.79. The summed E-state index contributed by atoms with van der Waals surface area (Å²) in [7, 11) is 0. The van der Waals surface area contributed by atoms with E-state index in [9.17, 15) is 9.90 Å². The van der Waals surface area contributed by atoms with Crippen LogP contribution >= 0.6 is 11.6 Å². The second-order valence-electron chi connectivity index (χ2n) is 10.0. The third-order valence-corrected chi connectivity index (χ3v) is 7.18. The minimum absolute atomic E-state index is 0.468. The van der Waals surface area contributed by atoms with Gasteiger partial charge in [-0.05, 0) is 49.9 Å². The molecule has 0 radical (unpaired) electrons. The Hall–Kier alpha value is -3.02. The minimum Gasteiger partial charge on any atom is -0.483 e. The van der Waals surface area contributed by atoms with Crippen molar-refractivity contribution in [2.24, 2.45) is 0 Å². The van der Waals surface area contributed by atoms with E-state index in [0.717, 1.165) is 27.5 Å². The molecule has 168 valence electrons. The van der Waals surface area contributed by atoms with Gasteiger partial charge in [0, 0.05) is 21.4 Å². The van der Waals surface area contributed by atoms with Crippen LogP contribution in [0.5, 0.6) is 5.75 Å². The third-order valence-electron chi connectivity index (χ3n) is 6.85. The zero-order valence-electron chi connectivity index (χ0n) is 18.6. The number of rotatable bonds is 1. The molecule has 1 amide bonds. The van der Waals surface area contributed by atoms with E-state index in [1.165, 1.54) is 0 Å². The fourth-order valence-corrected chi connectivity index (χ4v) is 5.95. The first-order valence-corrected chi connectivity index (χ1v) is 11.5. The first-order chi connectivity index (χ1) is 15.6. The summed E-state index contributed by atoms with van der Waals surface area (Å²) in [4.78, 5) is 13.0. The molecule has 0 fully saturated rings. The topological polar surface area (TPSA) is 67.8 Å². The summed E-state index contributed by atoms with van der Waals surface area (Å²) in [5, 5.41) is 17.8. The molecule has 1 heterocycles. The van der Waals surface area contributed by atoms with Gasteiger partial charge >= 0.3 is 6.09 Å². The van der Waals surface area contributed by atoms with E-state index >= 15 is 0 Å². The van der Waals surface area contributed by atoms with Crippen molar-refractivity contribution in [2.75, 3.05) is 0 Å². The third kappa shape index (κ3) is 2.66. The van der Waals surface area contributed by atoms with Crippen molar-refractivity contribution in [3.8, 4) is 5.75 Å². The molecule has 33 heavy (non-hydrogen) atoms. The maximum atomic E-state index is 13.0. The summed E-state index contributed by atoms with van der Waals surface area (Å²) < 4.78 is 12.2. The number of benzene rings is 3. The monoisotopic (exact) mass is 461 g/mol. The van der Waals surface area contributed by atoms with Crippen LogP contribution < -0.4 is 10.1 Å². The molecule has 1 aliphatic heterocycles. The average Bonchev–Trinajstić information content (AvgIpc) is 3.16. The minimum atomic E-state index is -1.43. The Morgan fingerprint density at radius 3 is 2.70 bits per heavy atom. The van der Waals surface area contributed by atoms with Crippen molar-refractivity contribution in [1.29, 1.82) is 0 Å². The van der Waals surface area contributed by atoms with E-state index in [0.29, 0.717) is 22.8 Å². The summed E-state index contributed by atoms with van der Waals surface area (Å²) in [5.41, 5.74) is 0.171. The van der Waals surface area contributed by atoms with Crippen LogP contribution in [0.3, 0.4) is 0 Å². The van der Waals surface area contributed by atoms with Crippen molar-refractivity contribution in [2.45, 2.75) is 50.0 Å². The van der Waals surface area contributed by atoms with Gasteiger partial charge in [-0.1, -0.05) is 66.2 Å². The summed E-state index contributed by atoms with van der Waals surface area (Å²) in [6.45, 7) is 5.48. The number of halogens is 1. The van der Waals surface area contributed by atoms with Crippen LogP contribution in [0.15, 0.2) is 54.6 Å². The first-order valence-electron chi connectivity index (χ1n) is 11.1. The van der Waals surface area contributed by atoms with Crippen molar-refractivity contribution >= 4 is 34.5 Å². The number of carbonyl (C=O) groups excluding carboxylic acids is 1. The molecule has 2 aliphatic carbocycles. The van der Waals surface area contributed by atoms with E-state index in [1.807, 2.05) is 81.5 Å². The van der Waals surface area contributed by atoms with Gasteiger partial charge in [-0.25, -0.2) is 4.79 Å². The largest absolute Gasteiger partial charge is 0.483 e. The van der Waals surface area contributed by atoms with Crippen LogP contribution in [0.25, 0.3) is 16.8 Å². The second-order valence-corrected chi connectivity index (χ2v) is 10.4. The van der Waals surface area contributed by atoms with Crippen molar-refractivity contribution in [1.82, 2.24) is 5.32 Å². The van der Waals surface area contributed by atoms with Gasteiger partial charge < -0.3 is 19.9 Å². The molecule has 1 unspecified atom stereocenters. The second kappa shape index (κ2) is 6.52. The lowest BCUT2D eigenvalue weighted by molar-refractivity contribution is -0.0401. The molecule has 0 saturated heterocycles. The standard InChI is InChI=1S/C27H24ClNO4/c1-25(2,3)33-24(30)29-26-14-6-8-15-7-4-10-18(21(15)26)27(31)19-13-12-16-17(9-5-11-20(16)28)22(19)32-23(26)27/h4-13,23,31H,14H2,1-3H3,(H,29,30)/t23?,26-,27+/m1/s1. The lowest BCUT2D eigenvalue weighted by Gasteiger charge is -2.39. The summed E-state index contributed by atoms with van der Waals surface area (Å²) in [6.07, 6.45) is 3.19. The molecule has 5 nitrogen and oxygen atoms in total. The Morgan fingerprint density at radius 1 is 1.12 bits per heavy atom. The molecule has 0 bridgehead atoms. The van der Waals surface area contributed by atoms with Gasteiger partial charge in [-0.15, -0.1) is 0 Å². The highest BCUT2D eigenvalue weighted by Crippen LogP contribution is 2.62. The summed E-state index contributed by atoms with van der Waals surface area (Å²) >= 11 is 6.44. The Morgan fingerprint density at radius 2 is 1.91 bits per heavy atom. The van der Waals surface area contributed by atoms with E-state index in [2.05, 4.69) is 5.32 Å². The highest BCUT2D eigenvalue weighted by molar-refractivity contribution is 6.35. The molecule has 3 aliphatic rings. The van der Waals surface area contributed by atoms with E-state index in [1.54, 1.807) is 0 Å². The fourth-order valence-electron chi connectivity index (χ4n) is 5.71. The van der Waals surface area contributed by atoms with Gasteiger partial charge in [0.2, 0.25) is 0 Å². The maximum absolute atomic E-state index is 13.0. The molecule has 3 aromatic rings. The molecule has 3 atom stereocenters. The maximum Gasteiger partial charge on any atom is 0.408 e. The highest BCUT2D eigenvalue weighted by atomic mass is 35.5. The van der Waals surface area contributed by atoms with Crippen LogP contribution in [0.4, 0.5) is 4.79 Å². The Balaban J connectivity index is 1.58. The smallest absolute Gasteiger partial charge is 0.408 e. The number of ether oxygens (including phenoxy) is 2.